The summed E-state index contributed by atoms with van der Waals surface area (Å²) >= 11 is 0. The summed E-state index contributed by atoms with van der Waals surface area (Å²) < 4.78 is 5.55. The number of amides is 2. The summed E-state index contributed by atoms with van der Waals surface area (Å²) in [7, 11) is 1.44. The first kappa shape index (κ1) is 14.8. The molecule has 0 saturated heterocycles. The summed E-state index contributed by atoms with van der Waals surface area (Å²) in [6, 6.07) is 4.55. The number of nitrogens with zero attached hydrogens (tertiary/aromatic N) is 1. The standard InChI is InChI=1S/C17H19NO4/c1-10-4-3-5-12(8-10)22-17(21)11-6-7-13-14(9-11)16(20)18(2)15(13)19/h6-7,9-10,12H,3-5,8H2,1-2H3. The first-order valence-electron chi connectivity index (χ1n) is 7.65. The maximum absolute atomic E-state index is 12.3. The van der Waals surface area contributed by atoms with Crippen LogP contribution in [0.1, 0.15) is 63.7 Å². The first-order valence-corrected chi connectivity index (χ1v) is 7.65. The third kappa shape index (κ3) is 2.51. The van der Waals surface area contributed by atoms with Crippen molar-refractivity contribution in [1.29, 1.82) is 0 Å². The molecule has 1 heterocycles. The van der Waals surface area contributed by atoms with Gasteiger partial charge in [0.25, 0.3) is 11.8 Å². The lowest BCUT2D eigenvalue weighted by Gasteiger charge is -2.26. The van der Waals surface area contributed by atoms with E-state index in [9.17, 15) is 14.4 Å². The lowest BCUT2D eigenvalue weighted by atomic mass is 9.89. The number of ether oxygens (including phenoxy) is 1. The zero-order valence-electron chi connectivity index (χ0n) is 12.8. The molecule has 0 aromatic heterocycles. The van der Waals surface area contributed by atoms with E-state index in [0.29, 0.717) is 17.0 Å². The number of carbonyl (C=O) groups excluding carboxylic acids is 3. The van der Waals surface area contributed by atoms with Crippen molar-refractivity contribution in [2.75, 3.05) is 7.05 Å². The van der Waals surface area contributed by atoms with Gasteiger partial charge >= 0.3 is 5.97 Å². The molecular formula is C17H19NO4. The number of esters is 1. The van der Waals surface area contributed by atoms with E-state index in [2.05, 4.69) is 6.92 Å². The number of imide groups is 1. The van der Waals surface area contributed by atoms with Gasteiger partial charge in [0, 0.05) is 7.05 Å². The second-order valence-corrected chi connectivity index (χ2v) is 6.23. The van der Waals surface area contributed by atoms with E-state index >= 15 is 0 Å². The van der Waals surface area contributed by atoms with Gasteiger partial charge in [0.15, 0.2) is 0 Å². The fraction of sp³-hybridized carbons (Fsp3) is 0.471. The maximum Gasteiger partial charge on any atom is 0.338 e. The minimum atomic E-state index is -0.420. The lowest BCUT2D eigenvalue weighted by Crippen LogP contribution is -2.25. The van der Waals surface area contributed by atoms with Crippen LogP contribution in [0, 0.1) is 5.92 Å². The van der Waals surface area contributed by atoms with E-state index in [1.54, 1.807) is 6.07 Å². The second-order valence-electron chi connectivity index (χ2n) is 6.23. The summed E-state index contributed by atoms with van der Waals surface area (Å²) in [6.07, 6.45) is 3.97. The van der Waals surface area contributed by atoms with E-state index in [-0.39, 0.29) is 23.5 Å². The van der Waals surface area contributed by atoms with Crippen molar-refractivity contribution in [3.8, 4) is 0 Å². The van der Waals surface area contributed by atoms with Crippen LogP contribution in [-0.4, -0.2) is 35.8 Å². The van der Waals surface area contributed by atoms with Crippen molar-refractivity contribution < 1.29 is 19.1 Å². The van der Waals surface area contributed by atoms with Crippen molar-refractivity contribution in [3.63, 3.8) is 0 Å². The quantitative estimate of drug-likeness (QED) is 0.622. The molecule has 1 aromatic rings. The number of carbonyl (C=O) groups is 3. The molecule has 116 valence electrons. The average molecular weight is 301 g/mol. The molecule has 1 aliphatic heterocycles. The average Bonchev–Trinajstić information content (AvgIpc) is 2.72. The largest absolute Gasteiger partial charge is 0.459 e. The number of hydrogen-bond donors (Lipinski definition) is 0. The fourth-order valence-corrected chi connectivity index (χ4v) is 3.19. The van der Waals surface area contributed by atoms with Gasteiger partial charge < -0.3 is 4.74 Å². The van der Waals surface area contributed by atoms with Gasteiger partial charge in [-0.25, -0.2) is 4.79 Å². The van der Waals surface area contributed by atoms with Crippen LogP contribution >= 0.6 is 0 Å². The molecule has 0 N–H and O–H groups in total. The first-order chi connectivity index (χ1) is 10.5. The molecule has 1 aliphatic carbocycles. The molecule has 2 unspecified atom stereocenters. The Kier molecular flexibility index (Phi) is 3.72. The third-order valence-corrected chi connectivity index (χ3v) is 4.49. The van der Waals surface area contributed by atoms with E-state index in [1.165, 1.54) is 25.6 Å². The molecule has 0 radical (unpaired) electrons. The van der Waals surface area contributed by atoms with Gasteiger partial charge in [0.1, 0.15) is 6.10 Å². The molecule has 0 bridgehead atoms. The summed E-state index contributed by atoms with van der Waals surface area (Å²) in [4.78, 5) is 37.1. The molecule has 0 spiro atoms. The van der Waals surface area contributed by atoms with Gasteiger partial charge in [-0.1, -0.05) is 13.3 Å². The van der Waals surface area contributed by atoms with Crippen molar-refractivity contribution in [2.24, 2.45) is 5.92 Å². The molecule has 5 heteroatoms. The Morgan fingerprint density at radius 3 is 2.64 bits per heavy atom. The molecule has 2 aliphatic rings. The van der Waals surface area contributed by atoms with Crippen LogP contribution in [0.4, 0.5) is 0 Å². The van der Waals surface area contributed by atoms with E-state index < -0.39 is 5.97 Å². The Morgan fingerprint density at radius 2 is 1.91 bits per heavy atom. The summed E-state index contributed by atoms with van der Waals surface area (Å²) in [5.74, 6) is -0.557. The molecule has 2 atom stereocenters. The highest BCUT2D eigenvalue weighted by molar-refractivity contribution is 6.21. The number of rotatable bonds is 2. The molecule has 2 amide bonds. The Morgan fingerprint density at radius 1 is 1.18 bits per heavy atom. The van der Waals surface area contributed by atoms with E-state index in [1.807, 2.05) is 0 Å². The van der Waals surface area contributed by atoms with Crippen molar-refractivity contribution in [3.05, 3.63) is 34.9 Å². The highest BCUT2D eigenvalue weighted by Crippen LogP contribution is 2.27. The topological polar surface area (TPSA) is 63.7 Å². The fourth-order valence-electron chi connectivity index (χ4n) is 3.19. The molecule has 5 nitrogen and oxygen atoms in total. The van der Waals surface area contributed by atoms with Gasteiger partial charge in [0.05, 0.1) is 16.7 Å². The second kappa shape index (κ2) is 5.55. The van der Waals surface area contributed by atoms with Gasteiger partial charge in [-0.15, -0.1) is 0 Å². The molecule has 1 fully saturated rings. The number of hydrogen-bond acceptors (Lipinski definition) is 4. The lowest BCUT2D eigenvalue weighted by molar-refractivity contribution is 0.0155. The number of fused-ring (bicyclic) bond motifs is 1. The van der Waals surface area contributed by atoms with Crippen molar-refractivity contribution in [1.82, 2.24) is 4.90 Å². The Hall–Kier alpha value is -2.17. The molecule has 3 rings (SSSR count). The van der Waals surface area contributed by atoms with Gasteiger partial charge in [-0.05, 0) is 43.4 Å². The number of benzene rings is 1. The Balaban J connectivity index is 1.77. The molecule has 1 aromatic carbocycles. The van der Waals surface area contributed by atoms with E-state index in [4.69, 9.17) is 4.74 Å². The SMILES string of the molecule is CC1CCCC(OC(=O)c2ccc3c(c2)C(=O)N(C)C3=O)C1. The van der Waals surface area contributed by atoms with Crippen LogP contribution in [0.2, 0.25) is 0 Å². The molecule has 1 saturated carbocycles. The molecule has 22 heavy (non-hydrogen) atoms. The van der Waals surface area contributed by atoms with Crippen LogP contribution < -0.4 is 0 Å². The zero-order chi connectivity index (χ0) is 15.9. The smallest absolute Gasteiger partial charge is 0.338 e. The highest BCUT2D eigenvalue weighted by Gasteiger charge is 2.33. The highest BCUT2D eigenvalue weighted by atomic mass is 16.5. The summed E-state index contributed by atoms with van der Waals surface area (Å²) in [5.41, 5.74) is 0.947. The normalized spacial score (nSPS) is 24.4. The third-order valence-electron chi connectivity index (χ3n) is 4.49. The minimum absolute atomic E-state index is 0.0514. The molecular weight excluding hydrogens is 282 g/mol. The zero-order valence-corrected chi connectivity index (χ0v) is 12.8. The Labute approximate surface area is 129 Å². The maximum atomic E-state index is 12.3. The van der Waals surface area contributed by atoms with Gasteiger partial charge in [-0.3, -0.25) is 14.5 Å². The minimum Gasteiger partial charge on any atom is -0.459 e. The monoisotopic (exact) mass is 301 g/mol. The van der Waals surface area contributed by atoms with Crippen LogP contribution in [0.3, 0.4) is 0 Å². The van der Waals surface area contributed by atoms with Gasteiger partial charge in [0.2, 0.25) is 0 Å². The van der Waals surface area contributed by atoms with Gasteiger partial charge in [-0.2, -0.15) is 0 Å². The summed E-state index contributed by atoms with van der Waals surface area (Å²) in [5, 5.41) is 0. The predicted octanol–water partition coefficient (Wildman–Crippen LogP) is 2.65. The predicted molar refractivity (Wildman–Crippen MR) is 79.7 cm³/mol. The van der Waals surface area contributed by atoms with Crippen LogP contribution in [-0.2, 0) is 4.74 Å². The summed E-state index contributed by atoms with van der Waals surface area (Å²) in [6.45, 7) is 2.16. The van der Waals surface area contributed by atoms with Crippen LogP contribution in [0.5, 0.6) is 0 Å². The Bertz CT molecular complexity index is 652. The van der Waals surface area contributed by atoms with Crippen LogP contribution in [0.25, 0.3) is 0 Å². The van der Waals surface area contributed by atoms with Crippen molar-refractivity contribution in [2.45, 2.75) is 38.7 Å². The van der Waals surface area contributed by atoms with Crippen LogP contribution in [0.15, 0.2) is 18.2 Å². The van der Waals surface area contributed by atoms with Crippen molar-refractivity contribution >= 4 is 17.8 Å². The van der Waals surface area contributed by atoms with E-state index in [0.717, 1.165) is 24.2 Å².